The molecule has 1 aliphatic carbocycles. The van der Waals surface area contributed by atoms with Gasteiger partial charge in [0.15, 0.2) is 0 Å². The summed E-state index contributed by atoms with van der Waals surface area (Å²) in [5, 5.41) is 7.01. The fourth-order valence-electron chi connectivity index (χ4n) is 3.64. The second-order valence-corrected chi connectivity index (χ2v) is 7.20. The van der Waals surface area contributed by atoms with E-state index in [4.69, 9.17) is 4.74 Å². The zero-order valence-corrected chi connectivity index (χ0v) is 12.2. The molecule has 1 aliphatic heterocycles. The molecule has 1 N–H and O–H groups in total. The molecule has 2 heterocycles. The normalized spacial score (nSPS) is 33.8. The molecule has 2 fully saturated rings. The van der Waals surface area contributed by atoms with Crippen molar-refractivity contribution in [3.8, 4) is 0 Å². The third-order valence-corrected chi connectivity index (χ3v) is 5.32. The van der Waals surface area contributed by atoms with Crippen molar-refractivity contribution in [2.75, 3.05) is 6.61 Å². The third kappa shape index (κ3) is 2.00. The van der Waals surface area contributed by atoms with Gasteiger partial charge >= 0.3 is 0 Å². The summed E-state index contributed by atoms with van der Waals surface area (Å²) in [7, 11) is 0. The molecule has 1 aromatic heterocycles. The van der Waals surface area contributed by atoms with Crippen LogP contribution in [0.25, 0.3) is 0 Å². The maximum absolute atomic E-state index is 5.92. The maximum Gasteiger partial charge on any atom is 0.0897 e. The van der Waals surface area contributed by atoms with Gasteiger partial charge in [-0.3, -0.25) is 0 Å². The van der Waals surface area contributed by atoms with Crippen molar-refractivity contribution in [1.82, 2.24) is 10.3 Å². The summed E-state index contributed by atoms with van der Waals surface area (Å²) < 4.78 is 5.92. The summed E-state index contributed by atoms with van der Waals surface area (Å²) in [6, 6.07) is 0.574. The van der Waals surface area contributed by atoms with Crippen molar-refractivity contribution in [3.05, 3.63) is 16.1 Å². The first kappa shape index (κ1) is 12.6. The van der Waals surface area contributed by atoms with Crippen molar-refractivity contribution in [2.45, 2.75) is 52.3 Å². The Kier molecular flexibility index (Phi) is 3.20. The van der Waals surface area contributed by atoms with Gasteiger partial charge in [-0.05, 0) is 19.8 Å². The van der Waals surface area contributed by atoms with Crippen LogP contribution >= 0.6 is 11.3 Å². The molecule has 3 nitrogen and oxygen atoms in total. The first-order chi connectivity index (χ1) is 8.59. The molecule has 0 bridgehead atoms. The Morgan fingerprint density at radius 1 is 1.56 bits per heavy atom. The lowest BCUT2D eigenvalue weighted by atomic mass is 9.55. The highest BCUT2D eigenvalue weighted by atomic mass is 32.1. The highest BCUT2D eigenvalue weighted by Crippen LogP contribution is 2.51. The van der Waals surface area contributed by atoms with E-state index < -0.39 is 0 Å². The van der Waals surface area contributed by atoms with Gasteiger partial charge in [-0.25, -0.2) is 4.98 Å². The van der Waals surface area contributed by atoms with Gasteiger partial charge in [0.05, 0.1) is 16.8 Å². The highest BCUT2D eigenvalue weighted by molar-refractivity contribution is 7.09. The van der Waals surface area contributed by atoms with Crippen molar-refractivity contribution >= 4 is 11.3 Å². The van der Waals surface area contributed by atoms with E-state index in [9.17, 15) is 0 Å². The second-order valence-electron chi connectivity index (χ2n) is 6.14. The Labute approximate surface area is 113 Å². The Morgan fingerprint density at radius 3 is 3.11 bits per heavy atom. The van der Waals surface area contributed by atoms with Crippen molar-refractivity contribution in [2.24, 2.45) is 11.3 Å². The van der Waals surface area contributed by atoms with Crippen LogP contribution in [0.2, 0.25) is 0 Å². The summed E-state index contributed by atoms with van der Waals surface area (Å²) >= 11 is 1.73. The van der Waals surface area contributed by atoms with Gasteiger partial charge in [-0.15, -0.1) is 11.3 Å². The molecule has 18 heavy (non-hydrogen) atoms. The minimum absolute atomic E-state index is 0.260. The summed E-state index contributed by atoms with van der Waals surface area (Å²) in [6.45, 7) is 8.55. The molecule has 3 unspecified atom stereocenters. The Morgan fingerprint density at radius 2 is 2.39 bits per heavy atom. The van der Waals surface area contributed by atoms with Gasteiger partial charge in [0.25, 0.3) is 0 Å². The van der Waals surface area contributed by atoms with Crippen LogP contribution in [0.4, 0.5) is 0 Å². The van der Waals surface area contributed by atoms with Crippen LogP contribution in [0.1, 0.15) is 37.4 Å². The van der Waals surface area contributed by atoms with Gasteiger partial charge in [-0.1, -0.05) is 13.8 Å². The Balaban J connectivity index is 1.62. The van der Waals surface area contributed by atoms with Gasteiger partial charge < -0.3 is 10.1 Å². The third-order valence-electron chi connectivity index (χ3n) is 4.50. The second kappa shape index (κ2) is 4.58. The summed E-state index contributed by atoms with van der Waals surface area (Å²) in [5.74, 6) is 0.702. The van der Waals surface area contributed by atoms with E-state index in [1.165, 1.54) is 18.5 Å². The molecule has 3 rings (SSSR count). The van der Waals surface area contributed by atoms with Crippen LogP contribution in [-0.2, 0) is 11.3 Å². The highest BCUT2D eigenvalue weighted by Gasteiger charge is 2.57. The minimum atomic E-state index is 0.260. The van der Waals surface area contributed by atoms with E-state index in [2.05, 4.69) is 36.5 Å². The number of hydrogen-bond acceptors (Lipinski definition) is 4. The number of hydrogen-bond donors (Lipinski definition) is 1. The lowest BCUT2D eigenvalue weighted by Gasteiger charge is -2.60. The van der Waals surface area contributed by atoms with Crippen molar-refractivity contribution in [1.29, 1.82) is 0 Å². The van der Waals surface area contributed by atoms with Gasteiger partial charge in [0.2, 0.25) is 0 Å². The molecular formula is C14H22N2OS. The van der Waals surface area contributed by atoms with E-state index in [1.54, 1.807) is 11.3 Å². The van der Waals surface area contributed by atoms with Crippen molar-refractivity contribution < 1.29 is 4.74 Å². The fraction of sp³-hybridized carbons (Fsp3) is 0.786. The van der Waals surface area contributed by atoms with Gasteiger partial charge in [-0.2, -0.15) is 0 Å². The first-order valence-corrected chi connectivity index (χ1v) is 7.73. The number of nitrogens with zero attached hydrogens (tertiary/aromatic N) is 1. The lowest BCUT2D eigenvalue weighted by Crippen LogP contribution is -2.69. The van der Waals surface area contributed by atoms with Crippen LogP contribution < -0.4 is 5.32 Å². The Bertz CT molecular complexity index is 429. The van der Waals surface area contributed by atoms with Crippen LogP contribution in [0.5, 0.6) is 0 Å². The quantitative estimate of drug-likeness (QED) is 0.913. The molecule has 2 aliphatic rings. The number of aryl methyl sites for hydroxylation is 1. The molecular weight excluding hydrogens is 244 g/mol. The van der Waals surface area contributed by atoms with E-state index >= 15 is 0 Å². The molecule has 4 heteroatoms. The monoisotopic (exact) mass is 266 g/mol. The van der Waals surface area contributed by atoms with Crippen LogP contribution in [-0.4, -0.2) is 23.7 Å². The standard InChI is InChI=1S/C14H22N2OS/c1-9-16-10(8-18-9)7-15-12-11-5-4-6-17-13(11)14(12,2)3/h8,11-13,15H,4-7H2,1-3H3. The summed E-state index contributed by atoms with van der Waals surface area (Å²) in [6.07, 6.45) is 2.98. The number of nitrogens with one attached hydrogen (secondary N) is 1. The topological polar surface area (TPSA) is 34.2 Å². The molecule has 100 valence electrons. The number of aromatic nitrogens is 1. The molecule has 1 saturated carbocycles. The average molecular weight is 266 g/mol. The Hall–Kier alpha value is -0.450. The zero-order valence-electron chi connectivity index (χ0n) is 11.4. The van der Waals surface area contributed by atoms with E-state index in [1.807, 2.05) is 0 Å². The molecule has 0 amide bonds. The molecule has 3 atom stereocenters. The number of thiazole rings is 1. The number of ether oxygens (including phenoxy) is 1. The number of fused-ring (bicyclic) bond motifs is 1. The predicted molar refractivity (Wildman–Crippen MR) is 73.7 cm³/mol. The van der Waals surface area contributed by atoms with Crippen LogP contribution in [0, 0.1) is 18.3 Å². The van der Waals surface area contributed by atoms with E-state index in [-0.39, 0.29) is 5.41 Å². The number of rotatable bonds is 3. The molecule has 0 radical (unpaired) electrons. The fourth-order valence-corrected chi connectivity index (χ4v) is 4.25. The van der Waals surface area contributed by atoms with Crippen molar-refractivity contribution in [3.63, 3.8) is 0 Å². The largest absolute Gasteiger partial charge is 0.377 e. The van der Waals surface area contributed by atoms with Crippen LogP contribution in [0.3, 0.4) is 0 Å². The molecule has 0 spiro atoms. The summed E-state index contributed by atoms with van der Waals surface area (Å²) in [4.78, 5) is 4.52. The first-order valence-electron chi connectivity index (χ1n) is 6.85. The molecule has 0 aromatic carbocycles. The summed E-state index contributed by atoms with van der Waals surface area (Å²) in [5.41, 5.74) is 1.43. The van der Waals surface area contributed by atoms with Crippen LogP contribution in [0.15, 0.2) is 5.38 Å². The van der Waals surface area contributed by atoms with E-state index in [0.717, 1.165) is 18.2 Å². The maximum atomic E-state index is 5.92. The van der Waals surface area contributed by atoms with Gasteiger partial charge in [0.1, 0.15) is 0 Å². The lowest BCUT2D eigenvalue weighted by molar-refractivity contribution is -0.193. The predicted octanol–water partition coefficient (Wildman–Crippen LogP) is 2.74. The van der Waals surface area contributed by atoms with E-state index in [0.29, 0.717) is 18.1 Å². The zero-order chi connectivity index (χ0) is 12.8. The van der Waals surface area contributed by atoms with Gasteiger partial charge in [0, 0.05) is 35.9 Å². The average Bonchev–Trinajstić information content (AvgIpc) is 2.75. The molecule has 1 aromatic rings. The SMILES string of the molecule is Cc1nc(CNC2C3CCCOC3C2(C)C)cs1. The smallest absolute Gasteiger partial charge is 0.0897 e. The molecule has 1 saturated heterocycles. The minimum Gasteiger partial charge on any atom is -0.377 e.